The molecule has 0 spiro atoms. The van der Waals surface area contributed by atoms with Crippen LogP contribution in [-0.4, -0.2) is 24.2 Å². The standard InChI is InChI=1S/C13H10N2S.CH4O3S/c14-10-7-5-9(6-8-10)13-15-11-3-1-2-4-12(11)16-13;1-5(2,3)4/h1-8H,14H2;1H3,(H,2,3,4). The smallest absolute Gasteiger partial charge is 0.261 e. The zero-order valence-electron chi connectivity index (χ0n) is 11.2. The largest absolute Gasteiger partial charge is 0.399 e. The van der Waals surface area contributed by atoms with Gasteiger partial charge < -0.3 is 5.73 Å². The van der Waals surface area contributed by atoms with Crippen molar-refractivity contribution in [3.63, 3.8) is 0 Å². The number of thiazole rings is 1. The van der Waals surface area contributed by atoms with Crippen molar-refractivity contribution in [2.24, 2.45) is 0 Å². The van der Waals surface area contributed by atoms with Crippen molar-refractivity contribution in [1.82, 2.24) is 4.98 Å². The van der Waals surface area contributed by atoms with E-state index in [2.05, 4.69) is 11.1 Å². The van der Waals surface area contributed by atoms with E-state index in [1.165, 1.54) is 4.70 Å². The number of benzene rings is 2. The normalized spacial score (nSPS) is 11.0. The number of rotatable bonds is 1. The minimum absolute atomic E-state index is 0.715. The van der Waals surface area contributed by atoms with Crippen LogP contribution in [0.25, 0.3) is 20.8 Å². The van der Waals surface area contributed by atoms with Gasteiger partial charge in [-0.25, -0.2) is 4.98 Å². The summed E-state index contributed by atoms with van der Waals surface area (Å²) in [5.41, 5.74) is 8.62. The van der Waals surface area contributed by atoms with Gasteiger partial charge in [0, 0.05) is 11.3 Å². The number of para-hydroxylation sites is 1. The summed E-state index contributed by atoms with van der Waals surface area (Å²) >= 11 is 1.70. The Kier molecular flexibility index (Phi) is 4.56. The first kappa shape index (κ1) is 15.4. The summed E-state index contributed by atoms with van der Waals surface area (Å²) in [5, 5.41) is 1.04. The summed E-state index contributed by atoms with van der Waals surface area (Å²) < 4.78 is 27.1. The van der Waals surface area contributed by atoms with E-state index in [0.29, 0.717) is 6.26 Å². The summed E-state index contributed by atoms with van der Waals surface area (Å²) in [6.07, 6.45) is 0.715. The fourth-order valence-corrected chi connectivity index (χ4v) is 2.59. The van der Waals surface area contributed by atoms with E-state index in [4.69, 9.17) is 10.3 Å². The lowest BCUT2D eigenvalue weighted by molar-refractivity contribution is 0.490. The molecule has 0 bridgehead atoms. The van der Waals surface area contributed by atoms with Crippen LogP contribution in [0.4, 0.5) is 5.69 Å². The van der Waals surface area contributed by atoms with E-state index in [-0.39, 0.29) is 0 Å². The van der Waals surface area contributed by atoms with Gasteiger partial charge in [-0.2, -0.15) is 8.42 Å². The second-order valence-electron chi connectivity index (χ2n) is 4.34. The van der Waals surface area contributed by atoms with E-state index >= 15 is 0 Å². The van der Waals surface area contributed by atoms with Gasteiger partial charge in [-0.1, -0.05) is 12.1 Å². The molecular formula is C14H14N2O3S2. The van der Waals surface area contributed by atoms with Gasteiger partial charge in [-0.3, -0.25) is 4.55 Å². The lowest BCUT2D eigenvalue weighted by Crippen LogP contribution is -1.88. The Hall–Kier alpha value is -1.96. The van der Waals surface area contributed by atoms with Crippen molar-refractivity contribution in [3.05, 3.63) is 48.5 Å². The molecule has 0 fully saturated rings. The van der Waals surface area contributed by atoms with Crippen LogP contribution in [0.2, 0.25) is 0 Å². The molecule has 5 nitrogen and oxygen atoms in total. The molecule has 0 saturated heterocycles. The molecule has 0 atom stereocenters. The van der Waals surface area contributed by atoms with E-state index < -0.39 is 10.1 Å². The highest BCUT2D eigenvalue weighted by Gasteiger charge is 2.04. The highest BCUT2D eigenvalue weighted by molar-refractivity contribution is 7.85. The molecule has 0 radical (unpaired) electrons. The minimum atomic E-state index is -3.67. The molecular weight excluding hydrogens is 308 g/mol. The molecule has 0 unspecified atom stereocenters. The summed E-state index contributed by atoms with van der Waals surface area (Å²) in [5.74, 6) is 0. The van der Waals surface area contributed by atoms with Crippen molar-refractivity contribution in [2.75, 3.05) is 12.0 Å². The molecule has 3 rings (SSSR count). The Balaban J connectivity index is 0.000000282. The number of nitrogen functional groups attached to an aromatic ring is 1. The van der Waals surface area contributed by atoms with Crippen molar-refractivity contribution in [1.29, 1.82) is 0 Å². The molecule has 7 heteroatoms. The fourth-order valence-electron chi connectivity index (χ4n) is 1.62. The van der Waals surface area contributed by atoms with E-state index in [0.717, 1.165) is 21.8 Å². The highest BCUT2D eigenvalue weighted by atomic mass is 32.2. The third-order valence-corrected chi connectivity index (χ3v) is 3.54. The maximum absolute atomic E-state index is 9.19. The van der Waals surface area contributed by atoms with Crippen LogP contribution in [0.1, 0.15) is 0 Å². The average molecular weight is 322 g/mol. The maximum atomic E-state index is 9.19. The first-order valence-corrected chi connectivity index (χ1v) is 8.63. The second kappa shape index (κ2) is 6.21. The molecule has 0 saturated carbocycles. The number of nitrogens with zero attached hydrogens (tertiary/aromatic N) is 1. The van der Waals surface area contributed by atoms with Gasteiger partial charge in [0.25, 0.3) is 10.1 Å². The van der Waals surface area contributed by atoms with Crippen molar-refractivity contribution in [3.8, 4) is 10.6 Å². The highest BCUT2D eigenvalue weighted by Crippen LogP contribution is 2.30. The predicted molar refractivity (Wildman–Crippen MR) is 86.9 cm³/mol. The van der Waals surface area contributed by atoms with Gasteiger partial charge in [0.1, 0.15) is 5.01 Å². The molecule has 1 heterocycles. The molecule has 0 aliphatic heterocycles. The van der Waals surface area contributed by atoms with Crippen molar-refractivity contribution < 1.29 is 13.0 Å². The number of anilines is 1. The van der Waals surface area contributed by atoms with Gasteiger partial charge >= 0.3 is 0 Å². The van der Waals surface area contributed by atoms with Gasteiger partial charge in [0.15, 0.2) is 0 Å². The van der Waals surface area contributed by atoms with Crippen LogP contribution in [0.5, 0.6) is 0 Å². The third-order valence-electron chi connectivity index (χ3n) is 2.45. The summed E-state index contributed by atoms with van der Waals surface area (Å²) in [6, 6.07) is 16.0. The van der Waals surface area contributed by atoms with Crippen LogP contribution in [-0.2, 0) is 10.1 Å². The molecule has 0 aliphatic carbocycles. The number of aromatic nitrogens is 1. The third kappa shape index (κ3) is 4.82. The fraction of sp³-hybridized carbons (Fsp3) is 0.0714. The van der Waals surface area contributed by atoms with Crippen LogP contribution in [0, 0.1) is 0 Å². The Morgan fingerprint density at radius 2 is 1.67 bits per heavy atom. The molecule has 3 N–H and O–H groups in total. The Bertz CT molecular complexity index is 799. The Morgan fingerprint density at radius 1 is 1.10 bits per heavy atom. The van der Waals surface area contributed by atoms with Gasteiger partial charge in [0.05, 0.1) is 16.5 Å². The van der Waals surface area contributed by atoms with Crippen LogP contribution in [0.3, 0.4) is 0 Å². The first-order chi connectivity index (χ1) is 9.83. The first-order valence-electron chi connectivity index (χ1n) is 5.97. The van der Waals surface area contributed by atoms with Crippen LogP contribution < -0.4 is 5.73 Å². The number of hydrogen-bond acceptors (Lipinski definition) is 5. The number of hydrogen-bond donors (Lipinski definition) is 2. The molecule has 0 aliphatic rings. The Labute approximate surface area is 126 Å². The number of nitrogens with two attached hydrogens (primary N) is 1. The van der Waals surface area contributed by atoms with Crippen LogP contribution >= 0.6 is 11.3 Å². The lowest BCUT2D eigenvalue weighted by Gasteiger charge is -1.95. The Morgan fingerprint density at radius 3 is 2.24 bits per heavy atom. The SMILES string of the molecule is CS(=O)(=O)O.Nc1ccc(-c2nc3ccccc3s2)cc1. The van der Waals surface area contributed by atoms with E-state index in [1.807, 2.05) is 42.5 Å². The van der Waals surface area contributed by atoms with Gasteiger partial charge in [-0.05, 0) is 36.4 Å². The lowest BCUT2D eigenvalue weighted by atomic mass is 10.2. The molecule has 2 aromatic carbocycles. The second-order valence-corrected chi connectivity index (χ2v) is 6.84. The zero-order valence-corrected chi connectivity index (χ0v) is 12.9. The van der Waals surface area contributed by atoms with Crippen molar-refractivity contribution in [2.45, 2.75) is 0 Å². The monoisotopic (exact) mass is 322 g/mol. The maximum Gasteiger partial charge on any atom is 0.261 e. The molecule has 21 heavy (non-hydrogen) atoms. The molecule has 0 amide bonds. The van der Waals surface area contributed by atoms with Gasteiger partial charge in [-0.15, -0.1) is 11.3 Å². The summed E-state index contributed by atoms with van der Waals surface area (Å²) in [6.45, 7) is 0. The van der Waals surface area contributed by atoms with Crippen molar-refractivity contribution >= 4 is 37.4 Å². The quantitative estimate of drug-likeness (QED) is 0.530. The molecule has 3 aromatic rings. The minimum Gasteiger partial charge on any atom is -0.399 e. The van der Waals surface area contributed by atoms with E-state index in [9.17, 15) is 8.42 Å². The van der Waals surface area contributed by atoms with Gasteiger partial charge in [0.2, 0.25) is 0 Å². The topological polar surface area (TPSA) is 93.3 Å². The van der Waals surface area contributed by atoms with Crippen LogP contribution in [0.15, 0.2) is 48.5 Å². The zero-order chi connectivity index (χ0) is 15.5. The molecule has 1 aromatic heterocycles. The summed E-state index contributed by atoms with van der Waals surface area (Å²) in [7, 11) is -3.67. The van der Waals surface area contributed by atoms with E-state index in [1.54, 1.807) is 11.3 Å². The summed E-state index contributed by atoms with van der Waals surface area (Å²) in [4.78, 5) is 4.59. The predicted octanol–water partition coefficient (Wildman–Crippen LogP) is 3.05. The number of fused-ring (bicyclic) bond motifs is 1. The molecule has 110 valence electrons. The average Bonchev–Trinajstić information content (AvgIpc) is 2.81.